The van der Waals surface area contributed by atoms with Crippen molar-refractivity contribution >= 4 is 33.9 Å². The Morgan fingerprint density at radius 3 is 1.96 bits per heavy atom. The summed E-state index contributed by atoms with van der Waals surface area (Å²) in [6, 6.07) is 1.44. The minimum Gasteiger partial charge on any atom is -0.443 e. The molecule has 1 heterocycles. The van der Waals surface area contributed by atoms with E-state index in [9.17, 15) is 14.0 Å². The van der Waals surface area contributed by atoms with Crippen LogP contribution in [0.4, 0.5) is 19.8 Å². The van der Waals surface area contributed by atoms with Gasteiger partial charge < -0.3 is 9.47 Å². The van der Waals surface area contributed by atoms with E-state index in [2.05, 4.69) is 20.9 Å². The number of imide groups is 1. The van der Waals surface area contributed by atoms with Crippen molar-refractivity contribution in [2.75, 3.05) is 4.90 Å². The van der Waals surface area contributed by atoms with Gasteiger partial charge in [-0.2, -0.15) is 4.90 Å². The van der Waals surface area contributed by atoms with E-state index in [1.54, 1.807) is 41.5 Å². The number of ether oxygens (including phenoxy) is 2. The van der Waals surface area contributed by atoms with Gasteiger partial charge in [0, 0.05) is 17.1 Å². The fraction of sp³-hybridized carbons (Fsp3) is 0.562. The van der Waals surface area contributed by atoms with Gasteiger partial charge in [0.25, 0.3) is 0 Å². The molecule has 134 valence electrons. The minimum atomic E-state index is -1.06. The summed E-state index contributed by atoms with van der Waals surface area (Å²) >= 11 is 3.14. The SMILES string of the molecule is CC(C)(C)OC(=O)N(C(=O)OC(C)(C)C)c1nccc(CBr)c1F. The molecule has 24 heavy (non-hydrogen) atoms. The lowest BCUT2D eigenvalue weighted by Gasteiger charge is -2.28. The zero-order chi connectivity index (χ0) is 18.7. The molecule has 0 radical (unpaired) electrons. The van der Waals surface area contributed by atoms with Crippen LogP contribution in [0.1, 0.15) is 47.1 Å². The number of carbonyl (C=O) groups is 2. The van der Waals surface area contributed by atoms with Gasteiger partial charge in [0.2, 0.25) is 0 Å². The quantitative estimate of drug-likeness (QED) is 0.662. The molecule has 1 aromatic heterocycles. The Kier molecular flexibility index (Phi) is 6.32. The van der Waals surface area contributed by atoms with Gasteiger partial charge in [0.15, 0.2) is 11.6 Å². The van der Waals surface area contributed by atoms with Gasteiger partial charge in [0.05, 0.1) is 0 Å². The van der Waals surface area contributed by atoms with Gasteiger partial charge in [0.1, 0.15) is 11.2 Å². The van der Waals surface area contributed by atoms with Crippen molar-refractivity contribution in [1.29, 1.82) is 0 Å². The number of aromatic nitrogens is 1. The highest BCUT2D eigenvalue weighted by atomic mass is 79.9. The molecule has 0 unspecified atom stereocenters. The van der Waals surface area contributed by atoms with Gasteiger partial charge in [-0.15, -0.1) is 0 Å². The topological polar surface area (TPSA) is 68.7 Å². The molecule has 0 saturated heterocycles. The van der Waals surface area contributed by atoms with Gasteiger partial charge in [-0.25, -0.2) is 19.0 Å². The molecule has 0 spiro atoms. The zero-order valence-corrected chi connectivity index (χ0v) is 16.2. The van der Waals surface area contributed by atoms with E-state index in [4.69, 9.17) is 9.47 Å². The Bertz CT molecular complexity index is 595. The van der Waals surface area contributed by atoms with Gasteiger partial charge in [-0.1, -0.05) is 15.9 Å². The number of rotatable bonds is 2. The molecule has 0 atom stereocenters. The average Bonchev–Trinajstić information content (AvgIpc) is 2.36. The lowest BCUT2D eigenvalue weighted by Crippen LogP contribution is -2.44. The molecule has 0 aliphatic carbocycles. The second-order valence-electron chi connectivity index (χ2n) is 7.04. The lowest BCUT2D eigenvalue weighted by molar-refractivity contribution is 0.0427. The molecule has 0 bridgehead atoms. The molecule has 6 nitrogen and oxygen atoms in total. The molecular formula is C16H22BrFN2O4. The van der Waals surface area contributed by atoms with Crippen LogP contribution < -0.4 is 4.90 Å². The third kappa shape index (κ3) is 5.74. The van der Waals surface area contributed by atoms with E-state index >= 15 is 0 Å². The summed E-state index contributed by atoms with van der Waals surface area (Å²) in [6.07, 6.45) is -0.818. The van der Waals surface area contributed by atoms with E-state index in [-0.39, 0.29) is 10.9 Å². The van der Waals surface area contributed by atoms with Crippen molar-refractivity contribution < 1.29 is 23.5 Å². The molecule has 1 rings (SSSR count). The maximum Gasteiger partial charge on any atom is 0.425 e. The normalized spacial score (nSPS) is 11.8. The van der Waals surface area contributed by atoms with Crippen LogP contribution in [-0.4, -0.2) is 28.4 Å². The zero-order valence-electron chi connectivity index (χ0n) is 14.6. The third-order valence-corrected chi connectivity index (χ3v) is 3.06. The molecule has 0 N–H and O–H groups in total. The van der Waals surface area contributed by atoms with Crippen LogP contribution in [0.5, 0.6) is 0 Å². The molecule has 2 amide bonds. The first-order chi connectivity index (χ1) is 10.9. The molecule has 1 aromatic rings. The summed E-state index contributed by atoms with van der Waals surface area (Å²) < 4.78 is 24.9. The summed E-state index contributed by atoms with van der Waals surface area (Å²) in [4.78, 5) is 29.1. The molecule has 0 aliphatic rings. The Hall–Kier alpha value is -1.70. The number of hydrogen-bond donors (Lipinski definition) is 0. The van der Waals surface area contributed by atoms with Crippen LogP contribution in [0.2, 0.25) is 0 Å². The lowest BCUT2D eigenvalue weighted by atomic mass is 10.2. The Labute approximate surface area is 149 Å². The first-order valence-electron chi connectivity index (χ1n) is 7.31. The maximum atomic E-state index is 14.6. The fourth-order valence-corrected chi connectivity index (χ4v) is 2.03. The van der Waals surface area contributed by atoms with E-state index in [1.165, 1.54) is 12.3 Å². The highest BCUT2D eigenvalue weighted by molar-refractivity contribution is 9.08. The monoisotopic (exact) mass is 404 g/mol. The smallest absolute Gasteiger partial charge is 0.425 e. The standard InChI is InChI=1S/C16H22BrFN2O4/c1-15(2,3)23-13(21)20(14(22)24-16(4,5)6)12-11(18)10(9-17)7-8-19-12/h7-8H,9H2,1-6H3. The van der Waals surface area contributed by atoms with Crippen molar-refractivity contribution in [1.82, 2.24) is 4.98 Å². The summed E-state index contributed by atoms with van der Waals surface area (Å²) in [5.74, 6) is -1.26. The second kappa shape index (κ2) is 7.46. The Morgan fingerprint density at radius 2 is 1.58 bits per heavy atom. The van der Waals surface area contributed by atoms with Gasteiger partial charge in [-0.3, -0.25) is 0 Å². The predicted octanol–water partition coefficient (Wildman–Crippen LogP) is 4.79. The van der Waals surface area contributed by atoms with Crippen molar-refractivity contribution in [2.24, 2.45) is 0 Å². The molecule has 0 aromatic carbocycles. The number of hydrogen-bond acceptors (Lipinski definition) is 5. The van der Waals surface area contributed by atoms with Gasteiger partial charge >= 0.3 is 12.2 Å². The van der Waals surface area contributed by atoms with E-state index in [0.29, 0.717) is 4.90 Å². The van der Waals surface area contributed by atoms with Crippen molar-refractivity contribution in [2.45, 2.75) is 58.1 Å². The number of halogens is 2. The number of nitrogens with zero attached hydrogens (tertiary/aromatic N) is 2. The second-order valence-corrected chi connectivity index (χ2v) is 7.60. The van der Waals surface area contributed by atoms with Crippen LogP contribution >= 0.6 is 15.9 Å². The highest BCUT2D eigenvalue weighted by Crippen LogP contribution is 2.25. The summed E-state index contributed by atoms with van der Waals surface area (Å²) in [5.41, 5.74) is -1.50. The molecule has 8 heteroatoms. The molecule has 0 fully saturated rings. The van der Waals surface area contributed by atoms with E-state index in [1.807, 2.05) is 0 Å². The maximum absolute atomic E-state index is 14.6. The van der Waals surface area contributed by atoms with Crippen LogP contribution in [0.15, 0.2) is 12.3 Å². The van der Waals surface area contributed by atoms with Crippen LogP contribution in [-0.2, 0) is 14.8 Å². The first kappa shape index (κ1) is 20.3. The number of alkyl halides is 1. The van der Waals surface area contributed by atoms with E-state index in [0.717, 1.165) is 0 Å². The Balaban J connectivity index is 3.33. The number of pyridine rings is 1. The average molecular weight is 405 g/mol. The van der Waals surface area contributed by atoms with Gasteiger partial charge in [-0.05, 0) is 47.6 Å². The fourth-order valence-electron chi connectivity index (χ4n) is 1.59. The summed E-state index contributed by atoms with van der Waals surface area (Å²) in [5, 5.41) is 0.199. The summed E-state index contributed by atoms with van der Waals surface area (Å²) in [7, 11) is 0. The molecule has 0 saturated carbocycles. The van der Waals surface area contributed by atoms with Crippen LogP contribution in [0.3, 0.4) is 0 Å². The van der Waals surface area contributed by atoms with Crippen molar-refractivity contribution in [3.63, 3.8) is 0 Å². The highest BCUT2D eigenvalue weighted by Gasteiger charge is 2.35. The molecular weight excluding hydrogens is 383 g/mol. The largest absolute Gasteiger partial charge is 0.443 e. The third-order valence-electron chi connectivity index (χ3n) is 2.46. The predicted molar refractivity (Wildman–Crippen MR) is 91.8 cm³/mol. The molecule has 0 aliphatic heterocycles. The number of carbonyl (C=O) groups excluding carboxylic acids is 2. The van der Waals surface area contributed by atoms with Crippen LogP contribution in [0, 0.1) is 5.82 Å². The minimum absolute atomic E-state index is 0.199. The van der Waals surface area contributed by atoms with Crippen molar-refractivity contribution in [3.05, 3.63) is 23.6 Å². The first-order valence-corrected chi connectivity index (χ1v) is 8.43. The Morgan fingerprint density at radius 1 is 1.12 bits per heavy atom. The summed E-state index contributed by atoms with van der Waals surface area (Å²) in [6.45, 7) is 9.81. The number of amides is 2. The van der Waals surface area contributed by atoms with Crippen LogP contribution in [0.25, 0.3) is 0 Å². The number of anilines is 1. The van der Waals surface area contributed by atoms with Crippen molar-refractivity contribution in [3.8, 4) is 0 Å². The van der Waals surface area contributed by atoms with E-state index < -0.39 is 35.0 Å².